The van der Waals surface area contributed by atoms with Gasteiger partial charge in [0, 0.05) is 5.69 Å². The van der Waals surface area contributed by atoms with Gasteiger partial charge in [-0.15, -0.1) is 0 Å². The van der Waals surface area contributed by atoms with E-state index in [-0.39, 0.29) is 0 Å². The predicted octanol–water partition coefficient (Wildman–Crippen LogP) is 3.98. The van der Waals surface area contributed by atoms with Gasteiger partial charge < -0.3 is 10.4 Å². The van der Waals surface area contributed by atoms with Crippen LogP contribution in [-0.2, 0) is 19.3 Å². The van der Waals surface area contributed by atoms with E-state index in [1.807, 2.05) is 6.07 Å². The van der Waals surface area contributed by atoms with Gasteiger partial charge in [0.15, 0.2) is 0 Å². The molecule has 2 aromatic rings. The lowest BCUT2D eigenvalue weighted by atomic mass is 10.1. The molecule has 2 aromatic carbocycles. The highest BCUT2D eigenvalue weighted by atomic mass is 16.3. The summed E-state index contributed by atoms with van der Waals surface area (Å²) in [5, 5.41) is 13.2. The fraction of sp³-hybridized carbons (Fsp3) is 0.333. The molecule has 0 spiro atoms. The number of hydrogen-bond acceptors (Lipinski definition) is 2. The number of rotatable bonds is 2. The number of aromatic hydroxyl groups is 1. The topological polar surface area (TPSA) is 32.3 Å². The van der Waals surface area contributed by atoms with Crippen LogP contribution >= 0.6 is 0 Å². The lowest BCUT2D eigenvalue weighted by Crippen LogP contribution is -2.07. The monoisotopic (exact) mass is 265 g/mol. The third kappa shape index (κ3) is 1.96. The number of aryl methyl sites for hydroxylation is 3. The second-order valence-corrected chi connectivity index (χ2v) is 5.96. The number of hydrogen-bond donors (Lipinski definition) is 2. The maximum Gasteiger partial charge on any atom is 0.115 e. The maximum absolute atomic E-state index is 9.56. The molecular weight excluding hydrogens is 246 g/mol. The normalized spacial score (nSPS) is 19.7. The molecule has 2 heteroatoms. The SMILES string of the molecule is Oc1ccc2c(c1)CCC2Nc1ccc2c(c1)CCC2. The lowest BCUT2D eigenvalue weighted by molar-refractivity contribution is 0.474. The van der Waals surface area contributed by atoms with Crippen molar-refractivity contribution in [3.63, 3.8) is 0 Å². The molecule has 0 bridgehead atoms. The Morgan fingerprint density at radius 2 is 1.80 bits per heavy atom. The molecule has 0 fully saturated rings. The van der Waals surface area contributed by atoms with E-state index in [1.54, 1.807) is 6.07 Å². The van der Waals surface area contributed by atoms with Gasteiger partial charge in [-0.05, 0) is 78.6 Å². The summed E-state index contributed by atoms with van der Waals surface area (Å²) in [6, 6.07) is 12.9. The van der Waals surface area contributed by atoms with Crippen molar-refractivity contribution in [2.75, 3.05) is 5.32 Å². The molecule has 2 aliphatic carbocycles. The van der Waals surface area contributed by atoms with Crippen LogP contribution in [0.1, 0.15) is 41.1 Å². The minimum Gasteiger partial charge on any atom is -0.508 e. The smallest absolute Gasteiger partial charge is 0.115 e. The van der Waals surface area contributed by atoms with Crippen molar-refractivity contribution in [1.82, 2.24) is 0 Å². The maximum atomic E-state index is 9.56. The molecule has 102 valence electrons. The van der Waals surface area contributed by atoms with Gasteiger partial charge in [0.1, 0.15) is 5.75 Å². The Kier molecular flexibility index (Phi) is 2.69. The van der Waals surface area contributed by atoms with Crippen LogP contribution in [0.15, 0.2) is 36.4 Å². The van der Waals surface area contributed by atoms with E-state index in [0.29, 0.717) is 11.8 Å². The van der Waals surface area contributed by atoms with E-state index in [0.717, 1.165) is 12.8 Å². The van der Waals surface area contributed by atoms with Crippen LogP contribution in [0.25, 0.3) is 0 Å². The molecule has 1 unspecified atom stereocenters. The Morgan fingerprint density at radius 3 is 2.75 bits per heavy atom. The summed E-state index contributed by atoms with van der Waals surface area (Å²) in [5.74, 6) is 0.377. The molecule has 0 saturated carbocycles. The first-order valence-electron chi connectivity index (χ1n) is 7.50. The molecule has 0 radical (unpaired) electrons. The summed E-state index contributed by atoms with van der Waals surface area (Å²) < 4.78 is 0. The van der Waals surface area contributed by atoms with E-state index in [2.05, 4.69) is 29.6 Å². The summed E-state index contributed by atoms with van der Waals surface area (Å²) >= 11 is 0. The highest BCUT2D eigenvalue weighted by molar-refractivity contribution is 5.53. The van der Waals surface area contributed by atoms with E-state index in [9.17, 15) is 5.11 Å². The Hall–Kier alpha value is -1.96. The number of nitrogens with one attached hydrogen (secondary N) is 1. The zero-order chi connectivity index (χ0) is 13.5. The second-order valence-electron chi connectivity index (χ2n) is 5.96. The molecule has 0 amide bonds. The van der Waals surface area contributed by atoms with Gasteiger partial charge in [0.25, 0.3) is 0 Å². The summed E-state index contributed by atoms with van der Waals surface area (Å²) in [4.78, 5) is 0. The molecule has 2 aliphatic rings. The number of anilines is 1. The molecule has 2 N–H and O–H groups in total. The highest BCUT2D eigenvalue weighted by Crippen LogP contribution is 2.36. The summed E-state index contributed by atoms with van der Waals surface area (Å²) in [6.07, 6.45) is 5.91. The predicted molar refractivity (Wildman–Crippen MR) is 81.3 cm³/mol. The molecule has 1 atom stereocenters. The molecule has 20 heavy (non-hydrogen) atoms. The molecule has 0 saturated heterocycles. The van der Waals surface area contributed by atoms with Crippen LogP contribution in [0.3, 0.4) is 0 Å². The average Bonchev–Trinajstić information content (AvgIpc) is 3.05. The van der Waals surface area contributed by atoms with Crippen LogP contribution in [0.4, 0.5) is 5.69 Å². The zero-order valence-corrected chi connectivity index (χ0v) is 11.5. The van der Waals surface area contributed by atoms with E-state index >= 15 is 0 Å². The van der Waals surface area contributed by atoms with Crippen molar-refractivity contribution in [2.45, 2.75) is 38.1 Å². The molecule has 4 rings (SSSR count). The van der Waals surface area contributed by atoms with E-state index in [1.165, 1.54) is 47.2 Å². The van der Waals surface area contributed by atoms with E-state index in [4.69, 9.17) is 0 Å². The standard InChI is InChI=1S/C18H19NO/c20-16-7-8-17-14(11-16)5-9-18(17)19-15-6-4-12-2-1-3-13(12)10-15/h4,6-8,10-11,18-20H,1-3,5,9H2. The third-order valence-corrected chi connectivity index (χ3v) is 4.64. The van der Waals surface area contributed by atoms with Crippen LogP contribution in [0.2, 0.25) is 0 Å². The summed E-state index contributed by atoms with van der Waals surface area (Å²) in [6.45, 7) is 0. The molecule has 0 aromatic heterocycles. The number of benzene rings is 2. The fourth-order valence-electron chi connectivity index (χ4n) is 3.62. The Morgan fingerprint density at radius 1 is 0.900 bits per heavy atom. The first-order chi connectivity index (χ1) is 9.79. The molecule has 0 heterocycles. The van der Waals surface area contributed by atoms with Gasteiger partial charge in [-0.3, -0.25) is 0 Å². The fourth-order valence-corrected chi connectivity index (χ4v) is 3.62. The Labute approximate surface area is 119 Å². The van der Waals surface area contributed by atoms with Crippen LogP contribution in [0, 0.1) is 0 Å². The van der Waals surface area contributed by atoms with Gasteiger partial charge in [0.05, 0.1) is 6.04 Å². The average molecular weight is 265 g/mol. The van der Waals surface area contributed by atoms with Gasteiger partial charge in [-0.25, -0.2) is 0 Å². The van der Waals surface area contributed by atoms with Crippen molar-refractivity contribution in [2.24, 2.45) is 0 Å². The van der Waals surface area contributed by atoms with Gasteiger partial charge in [-0.2, -0.15) is 0 Å². The van der Waals surface area contributed by atoms with Crippen LogP contribution in [-0.4, -0.2) is 5.11 Å². The van der Waals surface area contributed by atoms with Gasteiger partial charge in [-0.1, -0.05) is 12.1 Å². The van der Waals surface area contributed by atoms with Crippen LogP contribution in [0.5, 0.6) is 5.75 Å². The Balaban J connectivity index is 1.59. The van der Waals surface area contributed by atoms with E-state index < -0.39 is 0 Å². The first-order valence-corrected chi connectivity index (χ1v) is 7.50. The van der Waals surface area contributed by atoms with Crippen molar-refractivity contribution in [3.8, 4) is 5.75 Å². The molecule has 2 nitrogen and oxygen atoms in total. The number of phenols is 1. The number of phenolic OH excluding ortho intramolecular Hbond substituents is 1. The van der Waals surface area contributed by atoms with Crippen molar-refractivity contribution in [1.29, 1.82) is 0 Å². The summed E-state index contributed by atoms with van der Waals surface area (Å²) in [5.41, 5.74) is 6.88. The lowest BCUT2D eigenvalue weighted by Gasteiger charge is -2.16. The highest BCUT2D eigenvalue weighted by Gasteiger charge is 2.23. The zero-order valence-electron chi connectivity index (χ0n) is 11.5. The first kappa shape index (κ1) is 11.8. The quantitative estimate of drug-likeness (QED) is 0.860. The Bertz CT molecular complexity index is 662. The molecular formula is C18H19NO. The van der Waals surface area contributed by atoms with Crippen molar-refractivity contribution in [3.05, 3.63) is 58.7 Å². The summed E-state index contributed by atoms with van der Waals surface area (Å²) in [7, 11) is 0. The van der Waals surface area contributed by atoms with Crippen LogP contribution < -0.4 is 5.32 Å². The van der Waals surface area contributed by atoms with Gasteiger partial charge in [0.2, 0.25) is 0 Å². The van der Waals surface area contributed by atoms with Crippen molar-refractivity contribution >= 4 is 5.69 Å². The second kappa shape index (κ2) is 4.55. The largest absolute Gasteiger partial charge is 0.508 e. The van der Waals surface area contributed by atoms with Gasteiger partial charge >= 0.3 is 0 Å². The minimum atomic E-state index is 0.377. The number of fused-ring (bicyclic) bond motifs is 2. The van der Waals surface area contributed by atoms with Crippen molar-refractivity contribution < 1.29 is 5.11 Å². The minimum absolute atomic E-state index is 0.377. The molecule has 0 aliphatic heterocycles. The third-order valence-electron chi connectivity index (χ3n) is 4.64.